The van der Waals surface area contributed by atoms with Crippen molar-refractivity contribution in [3.8, 4) is 0 Å². The molecule has 0 aliphatic heterocycles. The Morgan fingerprint density at radius 2 is 2.07 bits per heavy atom. The maximum Gasteiger partial charge on any atom is 0.151 e. The van der Waals surface area contributed by atoms with Crippen LogP contribution in [-0.4, -0.2) is 21.7 Å². The van der Waals surface area contributed by atoms with Crippen molar-refractivity contribution in [2.75, 3.05) is 6.54 Å². The molecule has 0 amide bonds. The lowest BCUT2D eigenvalue weighted by Crippen LogP contribution is -2.04. The zero-order valence-electron chi connectivity index (χ0n) is 8.15. The van der Waals surface area contributed by atoms with Gasteiger partial charge >= 0.3 is 0 Å². The average molecular weight is 223 g/mol. The largest absolute Gasteiger partial charge is 0.330 e. The molecule has 2 aromatic rings. The molecule has 0 unspecified atom stereocenters. The molecule has 0 atom stereocenters. The maximum absolute atomic E-state index is 5.87. The molecule has 0 saturated heterocycles. The second kappa shape index (κ2) is 4.51. The summed E-state index contributed by atoms with van der Waals surface area (Å²) in [5.74, 6) is 0.718. The van der Waals surface area contributed by atoms with Gasteiger partial charge in [-0.05, 0) is 31.2 Å². The highest BCUT2D eigenvalue weighted by Gasteiger charge is 2.01. The summed E-state index contributed by atoms with van der Waals surface area (Å²) in [5.41, 5.74) is 6.96. The third-order valence-corrected chi connectivity index (χ3v) is 2.30. The Morgan fingerprint density at radius 3 is 2.87 bits per heavy atom. The van der Waals surface area contributed by atoms with E-state index in [1.54, 1.807) is 12.1 Å². The number of nitrogens with zero attached hydrogens (tertiary/aromatic N) is 3. The predicted octanol–water partition coefficient (Wildman–Crippen LogP) is 1.57. The quantitative estimate of drug-likeness (QED) is 0.856. The number of benzene rings is 1. The highest BCUT2D eigenvalue weighted by atomic mass is 35.5. The molecule has 2 N–H and O–H groups in total. The molecule has 4 nitrogen and oxygen atoms in total. The lowest BCUT2D eigenvalue weighted by atomic mass is 10.3. The molecule has 0 saturated carbocycles. The molecule has 1 aromatic heterocycles. The Labute approximate surface area is 92.5 Å². The number of hydrogen-bond donors (Lipinski definition) is 1. The summed E-state index contributed by atoms with van der Waals surface area (Å²) >= 11 is 5.87. The number of rotatable bonds is 3. The zero-order chi connectivity index (χ0) is 10.7. The first-order valence-corrected chi connectivity index (χ1v) is 5.16. The van der Waals surface area contributed by atoms with Gasteiger partial charge in [-0.25, -0.2) is 4.98 Å². The monoisotopic (exact) mass is 222 g/mol. The minimum absolute atomic E-state index is 0.636. The van der Waals surface area contributed by atoms with Gasteiger partial charge in [0.05, 0.1) is 5.52 Å². The summed E-state index contributed by atoms with van der Waals surface area (Å²) in [5, 5.41) is 8.74. The fourth-order valence-corrected chi connectivity index (χ4v) is 1.48. The van der Waals surface area contributed by atoms with Crippen molar-refractivity contribution in [3.05, 3.63) is 29.0 Å². The Hall–Kier alpha value is -1.26. The smallest absolute Gasteiger partial charge is 0.151 e. The van der Waals surface area contributed by atoms with E-state index in [1.807, 2.05) is 6.07 Å². The first kappa shape index (κ1) is 10.3. The lowest BCUT2D eigenvalue weighted by molar-refractivity contribution is 0.764. The zero-order valence-corrected chi connectivity index (χ0v) is 8.91. The molecule has 0 aliphatic carbocycles. The van der Waals surface area contributed by atoms with Crippen molar-refractivity contribution in [2.45, 2.75) is 12.8 Å². The summed E-state index contributed by atoms with van der Waals surface area (Å²) in [7, 11) is 0. The van der Waals surface area contributed by atoms with Gasteiger partial charge in [0.1, 0.15) is 5.52 Å². The van der Waals surface area contributed by atoms with E-state index < -0.39 is 0 Å². The number of halogens is 1. The van der Waals surface area contributed by atoms with Crippen LogP contribution in [0.15, 0.2) is 18.2 Å². The molecular formula is C10H11ClN4. The Kier molecular flexibility index (Phi) is 3.08. The van der Waals surface area contributed by atoms with Gasteiger partial charge in [-0.1, -0.05) is 11.6 Å². The second-order valence-electron chi connectivity index (χ2n) is 3.25. The number of aryl methyl sites for hydroxylation is 1. The van der Waals surface area contributed by atoms with Crippen LogP contribution in [0.1, 0.15) is 12.2 Å². The Balaban J connectivity index is 2.36. The molecule has 15 heavy (non-hydrogen) atoms. The van der Waals surface area contributed by atoms with Gasteiger partial charge in [-0.3, -0.25) is 0 Å². The maximum atomic E-state index is 5.87. The van der Waals surface area contributed by atoms with Crippen LogP contribution < -0.4 is 5.73 Å². The molecule has 78 valence electrons. The van der Waals surface area contributed by atoms with Crippen molar-refractivity contribution in [3.63, 3.8) is 0 Å². The normalized spacial score (nSPS) is 10.8. The molecular weight excluding hydrogens is 212 g/mol. The molecule has 0 fully saturated rings. The minimum Gasteiger partial charge on any atom is -0.330 e. The first-order chi connectivity index (χ1) is 7.29. The van der Waals surface area contributed by atoms with E-state index in [0.29, 0.717) is 11.6 Å². The van der Waals surface area contributed by atoms with E-state index in [9.17, 15) is 0 Å². The summed E-state index contributed by atoms with van der Waals surface area (Å²) in [6, 6.07) is 5.38. The SMILES string of the molecule is NCCCc1nnc2ccc(Cl)cc2n1. The van der Waals surface area contributed by atoms with Crippen LogP contribution in [0, 0.1) is 0 Å². The van der Waals surface area contributed by atoms with E-state index >= 15 is 0 Å². The fraction of sp³-hybridized carbons (Fsp3) is 0.300. The first-order valence-electron chi connectivity index (χ1n) is 4.78. The number of fused-ring (bicyclic) bond motifs is 1. The van der Waals surface area contributed by atoms with Crippen molar-refractivity contribution >= 4 is 22.6 Å². The fourth-order valence-electron chi connectivity index (χ4n) is 1.31. The Morgan fingerprint density at radius 1 is 1.20 bits per heavy atom. The van der Waals surface area contributed by atoms with Crippen LogP contribution in [0.25, 0.3) is 11.0 Å². The molecule has 1 heterocycles. The van der Waals surface area contributed by atoms with E-state index in [0.717, 1.165) is 29.7 Å². The molecule has 2 rings (SSSR count). The number of aromatic nitrogens is 3. The second-order valence-corrected chi connectivity index (χ2v) is 3.69. The van der Waals surface area contributed by atoms with Gasteiger partial charge < -0.3 is 5.73 Å². The third kappa shape index (κ3) is 2.40. The summed E-state index contributed by atoms with van der Waals surface area (Å²) in [6.07, 6.45) is 1.62. The molecule has 1 aromatic carbocycles. The van der Waals surface area contributed by atoms with E-state index in [-0.39, 0.29) is 0 Å². The molecule has 5 heteroatoms. The predicted molar refractivity (Wildman–Crippen MR) is 59.7 cm³/mol. The standard InChI is InChI=1S/C10H11ClN4/c11-7-3-4-8-9(6-7)13-10(15-14-8)2-1-5-12/h3-4,6H,1-2,5,12H2. The van der Waals surface area contributed by atoms with Gasteiger partial charge in [-0.2, -0.15) is 0 Å². The van der Waals surface area contributed by atoms with Crippen LogP contribution in [0.4, 0.5) is 0 Å². The Bertz CT molecular complexity index is 472. The van der Waals surface area contributed by atoms with Crippen LogP contribution in [0.5, 0.6) is 0 Å². The van der Waals surface area contributed by atoms with Crippen molar-refractivity contribution < 1.29 is 0 Å². The van der Waals surface area contributed by atoms with Crippen LogP contribution in [-0.2, 0) is 6.42 Å². The summed E-state index contributed by atoms with van der Waals surface area (Å²) in [4.78, 5) is 4.36. The van der Waals surface area contributed by atoms with Crippen LogP contribution in [0.3, 0.4) is 0 Å². The topological polar surface area (TPSA) is 64.7 Å². The van der Waals surface area contributed by atoms with Crippen LogP contribution >= 0.6 is 11.6 Å². The van der Waals surface area contributed by atoms with Crippen LogP contribution in [0.2, 0.25) is 5.02 Å². The number of nitrogens with two attached hydrogens (primary N) is 1. The third-order valence-electron chi connectivity index (χ3n) is 2.06. The summed E-state index contributed by atoms with van der Waals surface area (Å²) < 4.78 is 0. The van der Waals surface area contributed by atoms with Gasteiger partial charge in [0.25, 0.3) is 0 Å². The van der Waals surface area contributed by atoms with Crippen molar-refractivity contribution in [1.82, 2.24) is 15.2 Å². The highest BCUT2D eigenvalue weighted by Crippen LogP contribution is 2.15. The average Bonchev–Trinajstić information content (AvgIpc) is 2.25. The van der Waals surface area contributed by atoms with E-state index in [2.05, 4.69) is 15.2 Å². The molecule has 0 bridgehead atoms. The molecule has 0 aliphatic rings. The number of hydrogen-bond acceptors (Lipinski definition) is 4. The highest BCUT2D eigenvalue weighted by molar-refractivity contribution is 6.31. The van der Waals surface area contributed by atoms with Gasteiger partial charge in [0, 0.05) is 11.4 Å². The molecule has 0 spiro atoms. The summed E-state index contributed by atoms with van der Waals surface area (Å²) in [6.45, 7) is 0.636. The lowest BCUT2D eigenvalue weighted by Gasteiger charge is -2.00. The van der Waals surface area contributed by atoms with E-state index in [1.165, 1.54) is 0 Å². The molecule has 0 radical (unpaired) electrons. The minimum atomic E-state index is 0.636. The van der Waals surface area contributed by atoms with Gasteiger partial charge in [0.2, 0.25) is 0 Å². The van der Waals surface area contributed by atoms with Crippen molar-refractivity contribution in [1.29, 1.82) is 0 Å². The van der Waals surface area contributed by atoms with Gasteiger partial charge in [0.15, 0.2) is 5.82 Å². The van der Waals surface area contributed by atoms with Gasteiger partial charge in [-0.15, -0.1) is 10.2 Å². The van der Waals surface area contributed by atoms with Crippen molar-refractivity contribution in [2.24, 2.45) is 5.73 Å². The van der Waals surface area contributed by atoms with E-state index in [4.69, 9.17) is 17.3 Å².